The molecule has 0 saturated carbocycles. The van der Waals surface area contributed by atoms with Gasteiger partial charge in [-0.15, -0.1) is 12.6 Å². The van der Waals surface area contributed by atoms with E-state index in [-0.39, 0.29) is 0 Å². The summed E-state index contributed by atoms with van der Waals surface area (Å²) in [6.45, 7) is 0.350. The summed E-state index contributed by atoms with van der Waals surface area (Å²) >= 11 is 4.06. The van der Waals surface area contributed by atoms with Crippen LogP contribution in [0.2, 0.25) is 0 Å². The van der Waals surface area contributed by atoms with Crippen LogP contribution < -0.4 is 0 Å². The molecule has 0 amide bonds. The van der Waals surface area contributed by atoms with Gasteiger partial charge in [0.2, 0.25) is 0 Å². The lowest BCUT2D eigenvalue weighted by Gasteiger charge is -2.12. The van der Waals surface area contributed by atoms with Crippen molar-refractivity contribution in [2.45, 2.75) is 11.4 Å². The molecule has 72 valence electrons. The van der Waals surface area contributed by atoms with E-state index in [9.17, 15) is 8.78 Å². The van der Waals surface area contributed by atoms with Gasteiger partial charge in [0.15, 0.2) is 11.6 Å². The SMILES string of the molecule is CN(C)Cc1c(S)ccc(F)c1F. The summed E-state index contributed by atoms with van der Waals surface area (Å²) < 4.78 is 26.0. The van der Waals surface area contributed by atoms with Crippen molar-refractivity contribution in [3.63, 3.8) is 0 Å². The molecule has 0 aliphatic rings. The molecular formula is C9H11F2NS. The molecule has 0 spiro atoms. The zero-order valence-electron chi connectivity index (χ0n) is 7.51. The summed E-state index contributed by atoms with van der Waals surface area (Å²) in [6.07, 6.45) is 0. The lowest BCUT2D eigenvalue weighted by molar-refractivity contribution is 0.381. The Balaban J connectivity index is 3.10. The third-order valence-corrected chi connectivity index (χ3v) is 2.06. The molecule has 1 rings (SSSR count). The van der Waals surface area contributed by atoms with E-state index in [1.54, 1.807) is 19.0 Å². The molecule has 0 fully saturated rings. The fourth-order valence-corrected chi connectivity index (χ4v) is 1.29. The maximum atomic E-state index is 13.2. The largest absolute Gasteiger partial charge is 0.305 e. The molecule has 0 aliphatic carbocycles. The van der Waals surface area contributed by atoms with Crippen molar-refractivity contribution in [2.24, 2.45) is 0 Å². The van der Waals surface area contributed by atoms with E-state index in [4.69, 9.17) is 0 Å². The number of hydrogen-bond donors (Lipinski definition) is 1. The van der Waals surface area contributed by atoms with Gasteiger partial charge in [-0.2, -0.15) is 0 Å². The van der Waals surface area contributed by atoms with Gasteiger partial charge in [-0.1, -0.05) is 0 Å². The van der Waals surface area contributed by atoms with E-state index in [1.165, 1.54) is 6.07 Å². The molecule has 0 atom stereocenters. The fraction of sp³-hybridized carbons (Fsp3) is 0.333. The number of thiol groups is 1. The average molecular weight is 203 g/mol. The quantitative estimate of drug-likeness (QED) is 0.722. The van der Waals surface area contributed by atoms with Crippen LogP contribution in [0.25, 0.3) is 0 Å². The number of nitrogens with zero attached hydrogens (tertiary/aromatic N) is 1. The molecule has 0 aromatic heterocycles. The van der Waals surface area contributed by atoms with E-state index in [2.05, 4.69) is 12.6 Å². The van der Waals surface area contributed by atoms with Crippen molar-refractivity contribution in [1.29, 1.82) is 0 Å². The minimum absolute atomic E-state index is 0.299. The van der Waals surface area contributed by atoms with E-state index in [0.717, 1.165) is 6.07 Å². The van der Waals surface area contributed by atoms with Crippen molar-refractivity contribution in [3.8, 4) is 0 Å². The van der Waals surface area contributed by atoms with Crippen molar-refractivity contribution in [2.75, 3.05) is 14.1 Å². The molecule has 0 aliphatic heterocycles. The van der Waals surface area contributed by atoms with Crippen LogP contribution in [0.15, 0.2) is 17.0 Å². The molecule has 0 radical (unpaired) electrons. The molecule has 0 bridgehead atoms. The fourth-order valence-electron chi connectivity index (χ4n) is 1.05. The molecule has 0 unspecified atom stereocenters. The van der Waals surface area contributed by atoms with Crippen LogP contribution in [0.5, 0.6) is 0 Å². The number of rotatable bonds is 2. The van der Waals surface area contributed by atoms with Gasteiger partial charge in [0.1, 0.15) is 0 Å². The number of hydrogen-bond acceptors (Lipinski definition) is 2. The highest BCUT2D eigenvalue weighted by Gasteiger charge is 2.11. The second kappa shape index (κ2) is 4.07. The predicted octanol–water partition coefficient (Wildman–Crippen LogP) is 2.32. The first-order valence-electron chi connectivity index (χ1n) is 3.83. The third-order valence-electron chi connectivity index (χ3n) is 1.65. The van der Waals surface area contributed by atoms with Crippen molar-refractivity contribution >= 4 is 12.6 Å². The summed E-state index contributed by atoms with van der Waals surface area (Å²) in [6, 6.07) is 2.54. The molecule has 1 aromatic rings. The van der Waals surface area contributed by atoms with Gasteiger partial charge in [-0.3, -0.25) is 0 Å². The smallest absolute Gasteiger partial charge is 0.164 e. The maximum Gasteiger partial charge on any atom is 0.164 e. The monoisotopic (exact) mass is 203 g/mol. The number of halogens is 2. The van der Waals surface area contributed by atoms with Crippen LogP contribution in [-0.2, 0) is 6.54 Å². The standard InChI is InChI=1S/C9H11F2NS/c1-12(2)5-6-8(13)4-3-7(10)9(6)11/h3-4,13H,5H2,1-2H3. The lowest BCUT2D eigenvalue weighted by Crippen LogP contribution is -2.13. The summed E-state index contributed by atoms with van der Waals surface area (Å²) in [5, 5.41) is 0. The molecule has 0 heterocycles. The first kappa shape index (κ1) is 10.5. The van der Waals surface area contributed by atoms with Gasteiger partial charge in [0, 0.05) is 17.0 Å². The van der Waals surface area contributed by atoms with Gasteiger partial charge in [-0.25, -0.2) is 8.78 Å². The van der Waals surface area contributed by atoms with Gasteiger partial charge in [0.25, 0.3) is 0 Å². The topological polar surface area (TPSA) is 3.24 Å². The van der Waals surface area contributed by atoms with Crippen LogP contribution in [0.1, 0.15) is 5.56 Å². The van der Waals surface area contributed by atoms with Gasteiger partial charge < -0.3 is 4.90 Å². The van der Waals surface area contributed by atoms with Gasteiger partial charge >= 0.3 is 0 Å². The molecule has 1 nitrogen and oxygen atoms in total. The first-order valence-corrected chi connectivity index (χ1v) is 4.27. The van der Waals surface area contributed by atoms with Crippen molar-refractivity contribution < 1.29 is 8.78 Å². The average Bonchev–Trinajstić information content (AvgIpc) is 2.05. The van der Waals surface area contributed by atoms with E-state index < -0.39 is 11.6 Å². The Hall–Kier alpha value is -0.610. The van der Waals surface area contributed by atoms with E-state index >= 15 is 0 Å². The predicted molar refractivity (Wildman–Crippen MR) is 51.0 cm³/mol. The second-order valence-electron chi connectivity index (χ2n) is 3.10. The third kappa shape index (κ3) is 2.42. The Morgan fingerprint density at radius 1 is 1.31 bits per heavy atom. The maximum absolute atomic E-state index is 13.2. The zero-order valence-corrected chi connectivity index (χ0v) is 8.41. The van der Waals surface area contributed by atoms with Crippen LogP contribution in [-0.4, -0.2) is 19.0 Å². The van der Waals surface area contributed by atoms with Gasteiger partial charge in [0.05, 0.1) is 0 Å². The highest BCUT2D eigenvalue weighted by molar-refractivity contribution is 7.80. The molecule has 0 saturated heterocycles. The first-order chi connectivity index (χ1) is 6.02. The minimum Gasteiger partial charge on any atom is -0.305 e. The highest BCUT2D eigenvalue weighted by atomic mass is 32.1. The summed E-state index contributed by atoms with van der Waals surface area (Å²) in [5.74, 6) is -1.63. The summed E-state index contributed by atoms with van der Waals surface area (Å²) in [5.41, 5.74) is 0.299. The Labute approximate surface area is 81.8 Å². The van der Waals surface area contributed by atoms with Crippen molar-refractivity contribution in [3.05, 3.63) is 29.3 Å². The molecular weight excluding hydrogens is 192 g/mol. The van der Waals surface area contributed by atoms with Crippen LogP contribution in [0.4, 0.5) is 8.78 Å². The van der Waals surface area contributed by atoms with E-state index in [1.807, 2.05) is 0 Å². The summed E-state index contributed by atoms with van der Waals surface area (Å²) in [7, 11) is 3.58. The lowest BCUT2D eigenvalue weighted by atomic mass is 10.2. The molecule has 1 aromatic carbocycles. The second-order valence-corrected chi connectivity index (χ2v) is 3.58. The normalized spacial score (nSPS) is 10.9. The van der Waals surface area contributed by atoms with E-state index in [0.29, 0.717) is 17.0 Å². The van der Waals surface area contributed by atoms with Crippen LogP contribution in [0.3, 0.4) is 0 Å². The molecule has 4 heteroatoms. The number of benzene rings is 1. The van der Waals surface area contributed by atoms with Crippen LogP contribution >= 0.6 is 12.6 Å². The Kier molecular flexibility index (Phi) is 3.27. The zero-order chi connectivity index (χ0) is 10.0. The van der Waals surface area contributed by atoms with Crippen LogP contribution in [0, 0.1) is 11.6 Å². The summed E-state index contributed by atoms with van der Waals surface area (Å²) in [4.78, 5) is 2.24. The highest BCUT2D eigenvalue weighted by Crippen LogP contribution is 2.20. The minimum atomic E-state index is -0.824. The van der Waals surface area contributed by atoms with Gasteiger partial charge in [-0.05, 0) is 26.2 Å². The Morgan fingerprint density at radius 3 is 2.46 bits per heavy atom. The Morgan fingerprint density at radius 2 is 1.92 bits per heavy atom. The van der Waals surface area contributed by atoms with Crippen molar-refractivity contribution in [1.82, 2.24) is 4.90 Å². The molecule has 0 N–H and O–H groups in total. The Bertz CT molecular complexity index is 313. The molecule has 13 heavy (non-hydrogen) atoms.